The molecule has 7 nitrogen and oxygen atoms in total. The highest BCUT2D eigenvalue weighted by atomic mass is 16.5. The van der Waals surface area contributed by atoms with Gasteiger partial charge in [-0.05, 0) is 55.3 Å². The lowest BCUT2D eigenvalue weighted by Crippen LogP contribution is -2.10. The van der Waals surface area contributed by atoms with Crippen LogP contribution in [0.4, 0.5) is 5.69 Å². The lowest BCUT2D eigenvalue weighted by Gasteiger charge is -2.06. The van der Waals surface area contributed by atoms with Gasteiger partial charge in [-0.15, -0.1) is 0 Å². The van der Waals surface area contributed by atoms with E-state index >= 15 is 0 Å². The van der Waals surface area contributed by atoms with Gasteiger partial charge in [-0.25, -0.2) is 4.98 Å². The summed E-state index contributed by atoms with van der Waals surface area (Å²) in [5.41, 5.74) is 3.12. The lowest BCUT2D eigenvalue weighted by molar-refractivity contribution is 0.0992. The number of carbonyl (C=O) groups excluding carboxylic acids is 1. The van der Waals surface area contributed by atoms with Crippen molar-refractivity contribution in [2.45, 2.75) is 38.8 Å². The number of imidazole rings is 1. The lowest BCUT2D eigenvalue weighted by atomic mass is 10.2. The maximum absolute atomic E-state index is 12.7. The molecule has 1 aliphatic heterocycles. The highest BCUT2D eigenvalue weighted by Gasteiger charge is 2.16. The quantitative estimate of drug-likeness (QED) is 0.482. The molecule has 1 N–H and O–H groups in total. The second-order valence-corrected chi connectivity index (χ2v) is 7.81. The molecule has 0 atom stereocenters. The van der Waals surface area contributed by atoms with Gasteiger partial charge in [0.1, 0.15) is 30.0 Å². The van der Waals surface area contributed by atoms with Crippen molar-refractivity contribution in [1.82, 2.24) is 9.55 Å². The molecule has 0 unspecified atom stereocenters. The molecule has 0 aliphatic carbocycles. The van der Waals surface area contributed by atoms with Gasteiger partial charge in [0.15, 0.2) is 5.76 Å². The molecule has 0 spiro atoms. The van der Waals surface area contributed by atoms with Gasteiger partial charge in [0.2, 0.25) is 0 Å². The zero-order valence-corrected chi connectivity index (χ0v) is 17.5. The summed E-state index contributed by atoms with van der Waals surface area (Å²) in [6, 6.07) is 18.2. The van der Waals surface area contributed by atoms with Crippen molar-refractivity contribution in [2.24, 2.45) is 0 Å². The minimum atomic E-state index is -0.339. The summed E-state index contributed by atoms with van der Waals surface area (Å²) < 4.78 is 13.6. The Morgan fingerprint density at radius 3 is 2.97 bits per heavy atom. The molecule has 32 heavy (non-hydrogen) atoms. The first kappa shape index (κ1) is 19.9. The Kier molecular flexibility index (Phi) is 5.34. The van der Waals surface area contributed by atoms with Crippen LogP contribution in [0.2, 0.25) is 0 Å². The van der Waals surface area contributed by atoms with E-state index in [1.165, 1.54) is 19.3 Å². The van der Waals surface area contributed by atoms with Crippen LogP contribution >= 0.6 is 0 Å². The SMILES string of the molecule is N#Cc1ccccc1OCc1ccc(C(=O)Nc2ccc3c(c2)nc2n3CCCCC2)o1. The molecular weight excluding hydrogens is 404 g/mol. The number of hydrogen-bond donors (Lipinski definition) is 1. The van der Waals surface area contributed by atoms with E-state index < -0.39 is 0 Å². The topological polar surface area (TPSA) is 93.1 Å². The first-order valence-electron chi connectivity index (χ1n) is 10.7. The van der Waals surface area contributed by atoms with Crippen molar-refractivity contribution >= 4 is 22.6 Å². The number of anilines is 1. The smallest absolute Gasteiger partial charge is 0.291 e. The van der Waals surface area contributed by atoms with E-state index in [2.05, 4.69) is 16.0 Å². The molecule has 0 radical (unpaired) electrons. The van der Waals surface area contributed by atoms with Gasteiger partial charge in [0.05, 0.1) is 16.6 Å². The molecule has 3 heterocycles. The van der Waals surface area contributed by atoms with E-state index in [1.807, 2.05) is 18.2 Å². The number of ether oxygens (including phenoxy) is 1. The number of nitrogens with one attached hydrogen (secondary N) is 1. The van der Waals surface area contributed by atoms with Crippen LogP contribution in [-0.2, 0) is 19.6 Å². The molecule has 1 aliphatic rings. The molecule has 0 saturated heterocycles. The van der Waals surface area contributed by atoms with Crippen LogP contribution in [0, 0.1) is 11.3 Å². The summed E-state index contributed by atoms with van der Waals surface area (Å²) in [5, 5.41) is 12.0. The Morgan fingerprint density at radius 2 is 2.06 bits per heavy atom. The predicted octanol–water partition coefficient (Wildman–Crippen LogP) is 5.06. The van der Waals surface area contributed by atoms with E-state index in [0.29, 0.717) is 22.8 Å². The Bertz CT molecular complexity index is 1330. The zero-order valence-electron chi connectivity index (χ0n) is 17.5. The molecule has 7 heteroatoms. The van der Waals surface area contributed by atoms with Gasteiger partial charge in [-0.2, -0.15) is 5.26 Å². The molecular formula is C25H22N4O3. The maximum Gasteiger partial charge on any atom is 0.291 e. The molecule has 1 amide bonds. The van der Waals surface area contributed by atoms with Crippen LogP contribution in [0.15, 0.2) is 59.0 Å². The Balaban J connectivity index is 1.27. The van der Waals surface area contributed by atoms with Crippen LogP contribution < -0.4 is 10.1 Å². The summed E-state index contributed by atoms with van der Waals surface area (Å²) in [7, 11) is 0. The number of aryl methyl sites for hydroxylation is 2. The predicted molar refractivity (Wildman–Crippen MR) is 119 cm³/mol. The molecule has 160 valence electrons. The second kappa shape index (κ2) is 8.60. The number of carbonyl (C=O) groups is 1. The number of furan rings is 1. The largest absolute Gasteiger partial charge is 0.484 e. The highest BCUT2D eigenvalue weighted by Crippen LogP contribution is 2.25. The molecule has 4 aromatic rings. The number of aromatic nitrogens is 2. The number of benzene rings is 2. The number of para-hydroxylation sites is 1. The normalized spacial score (nSPS) is 13.2. The third-order valence-corrected chi connectivity index (χ3v) is 5.63. The fraction of sp³-hybridized carbons (Fsp3) is 0.240. The Hall–Kier alpha value is -4.05. The summed E-state index contributed by atoms with van der Waals surface area (Å²) in [6.45, 7) is 1.12. The van der Waals surface area contributed by atoms with Gasteiger partial charge in [-0.1, -0.05) is 18.6 Å². The van der Waals surface area contributed by atoms with Crippen LogP contribution in [-0.4, -0.2) is 15.5 Å². The standard InChI is InChI=1S/C25H22N4O3/c26-15-17-6-3-4-7-22(17)31-16-19-10-12-23(32-19)25(30)27-18-9-11-21-20(14-18)28-24-8-2-1-5-13-29(21)24/h3-4,6-7,9-12,14H,1-2,5,8,13,16H2,(H,27,30). The summed E-state index contributed by atoms with van der Waals surface area (Å²) in [5.74, 6) is 1.95. The number of hydrogen-bond acceptors (Lipinski definition) is 5. The van der Waals surface area contributed by atoms with Gasteiger partial charge in [-0.3, -0.25) is 4.79 Å². The summed E-state index contributed by atoms with van der Waals surface area (Å²) in [6.07, 6.45) is 4.57. The summed E-state index contributed by atoms with van der Waals surface area (Å²) in [4.78, 5) is 17.4. The fourth-order valence-corrected chi connectivity index (χ4v) is 4.03. The monoisotopic (exact) mass is 426 g/mol. The number of rotatable bonds is 5. The molecule has 2 aromatic carbocycles. The molecule has 0 bridgehead atoms. The molecule has 5 rings (SSSR count). The minimum absolute atomic E-state index is 0.123. The highest BCUT2D eigenvalue weighted by molar-refractivity contribution is 6.03. The molecule has 0 fully saturated rings. The van der Waals surface area contributed by atoms with Crippen LogP contribution in [0.3, 0.4) is 0 Å². The van der Waals surface area contributed by atoms with Crippen molar-refractivity contribution in [1.29, 1.82) is 5.26 Å². The first-order chi connectivity index (χ1) is 15.7. The fourth-order valence-electron chi connectivity index (χ4n) is 4.03. The van der Waals surface area contributed by atoms with Gasteiger partial charge >= 0.3 is 0 Å². The van der Waals surface area contributed by atoms with E-state index in [9.17, 15) is 4.79 Å². The first-order valence-corrected chi connectivity index (χ1v) is 10.7. The van der Waals surface area contributed by atoms with Crippen LogP contribution in [0.1, 0.15) is 47.0 Å². The van der Waals surface area contributed by atoms with Crippen molar-refractivity contribution in [3.63, 3.8) is 0 Å². The van der Waals surface area contributed by atoms with Gasteiger partial charge in [0.25, 0.3) is 5.91 Å². The maximum atomic E-state index is 12.7. The van der Waals surface area contributed by atoms with Crippen LogP contribution in [0.25, 0.3) is 11.0 Å². The Labute approximate surface area is 185 Å². The van der Waals surface area contributed by atoms with E-state index in [0.717, 1.165) is 29.8 Å². The zero-order chi connectivity index (χ0) is 21.9. The molecule has 2 aromatic heterocycles. The average Bonchev–Trinajstić information content (AvgIpc) is 3.35. The van der Waals surface area contributed by atoms with Crippen LogP contribution in [0.5, 0.6) is 5.75 Å². The van der Waals surface area contributed by atoms with E-state index in [1.54, 1.807) is 36.4 Å². The number of nitriles is 1. The van der Waals surface area contributed by atoms with Crippen molar-refractivity contribution in [3.8, 4) is 11.8 Å². The third kappa shape index (κ3) is 3.95. The average molecular weight is 426 g/mol. The summed E-state index contributed by atoms with van der Waals surface area (Å²) >= 11 is 0. The van der Waals surface area contributed by atoms with Crippen molar-refractivity contribution in [2.75, 3.05) is 5.32 Å². The van der Waals surface area contributed by atoms with E-state index in [4.69, 9.17) is 19.4 Å². The van der Waals surface area contributed by atoms with Crippen molar-refractivity contribution < 1.29 is 13.9 Å². The van der Waals surface area contributed by atoms with Gasteiger partial charge in [0, 0.05) is 18.7 Å². The van der Waals surface area contributed by atoms with Crippen molar-refractivity contribution in [3.05, 3.63) is 77.5 Å². The minimum Gasteiger partial charge on any atom is -0.484 e. The Morgan fingerprint density at radius 1 is 1.16 bits per heavy atom. The number of fused-ring (bicyclic) bond motifs is 3. The molecule has 0 saturated carbocycles. The third-order valence-electron chi connectivity index (χ3n) is 5.63. The van der Waals surface area contributed by atoms with E-state index in [-0.39, 0.29) is 18.3 Å². The number of amides is 1. The number of nitrogens with zero attached hydrogens (tertiary/aromatic N) is 3. The van der Waals surface area contributed by atoms with Gasteiger partial charge < -0.3 is 19.0 Å². The second-order valence-electron chi connectivity index (χ2n) is 7.81.